The third-order valence-corrected chi connectivity index (χ3v) is 4.32. The van der Waals surface area contributed by atoms with Gasteiger partial charge in [0.05, 0.1) is 15.6 Å². The number of pyridine rings is 1. The number of hydrogen-bond acceptors (Lipinski definition) is 4. The molecule has 0 saturated heterocycles. The fraction of sp³-hybridized carbons (Fsp3) is 0.125. The number of rotatable bonds is 4. The van der Waals surface area contributed by atoms with Gasteiger partial charge in [0.1, 0.15) is 0 Å². The van der Waals surface area contributed by atoms with E-state index in [2.05, 4.69) is 10.3 Å². The number of carbonyl (C=O) groups is 1. The molecule has 21 heavy (non-hydrogen) atoms. The minimum Gasteiger partial charge on any atom is -0.329 e. The van der Waals surface area contributed by atoms with Gasteiger partial charge in [-0.15, -0.1) is 11.3 Å². The van der Waals surface area contributed by atoms with Crippen molar-refractivity contribution in [3.63, 3.8) is 0 Å². The zero-order valence-electron chi connectivity index (χ0n) is 11.3. The Morgan fingerprint density at radius 2 is 2.10 bits per heavy atom. The summed E-state index contributed by atoms with van der Waals surface area (Å²) in [6, 6.07) is 13.5. The van der Waals surface area contributed by atoms with E-state index in [9.17, 15) is 4.79 Å². The van der Waals surface area contributed by atoms with Gasteiger partial charge in [0.25, 0.3) is 0 Å². The predicted molar refractivity (Wildman–Crippen MR) is 86.5 cm³/mol. The number of carbonyl (C=O) groups excluding carboxylic acids is 1. The maximum absolute atomic E-state index is 12.4. The number of nitrogens with two attached hydrogens (primary N) is 1. The molecule has 0 aliphatic carbocycles. The lowest BCUT2D eigenvalue weighted by molar-refractivity contribution is -0.117. The first kappa shape index (κ1) is 13.7. The molecule has 2 aromatic heterocycles. The molecule has 1 atom stereocenters. The van der Waals surface area contributed by atoms with Crippen molar-refractivity contribution in [3.8, 4) is 0 Å². The zero-order chi connectivity index (χ0) is 14.7. The second-order valence-electron chi connectivity index (χ2n) is 4.71. The number of amides is 1. The maximum atomic E-state index is 12.4. The van der Waals surface area contributed by atoms with Crippen molar-refractivity contribution >= 4 is 32.3 Å². The summed E-state index contributed by atoms with van der Waals surface area (Å²) in [6.45, 7) is 0.280. The number of fused-ring (bicyclic) bond motifs is 1. The molecule has 0 bridgehead atoms. The molecule has 0 aliphatic heterocycles. The van der Waals surface area contributed by atoms with Crippen LogP contribution in [0.15, 0.2) is 54.9 Å². The summed E-state index contributed by atoms with van der Waals surface area (Å²) in [6.07, 6.45) is 3.54. The van der Waals surface area contributed by atoms with Crippen molar-refractivity contribution in [1.82, 2.24) is 4.98 Å². The van der Waals surface area contributed by atoms with Crippen LogP contribution in [-0.2, 0) is 4.79 Å². The first-order valence-corrected chi connectivity index (χ1v) is 7.49. The highest BCUT2D eigenvalue weighted by atomic mass is 32.1. The smallest absolute Gasteiger partial charge is 0.233 e. The first-order chi connectivity index (χ1) is 10.3. The molecular weight excluding hydrogens is 282 g/mol. The molecule has 0 aliphatic rings. The van der Waals surface area contributed by atoms with Crippen LogP contribution >= 0.6 is 11.3 Å². The van der Waals surface area contributed by atoms with Crippen molar-refractivity contribution in [1.29, 1.82) is 0 Å². The van der Waals surface area contributed by atoms with Crippen molar-refractivity contribution in [2.24, 2.45) is 5.73 Å². The minimum atomic E-state index is -0.338. The summed E-state index contributed by atoms with van der Waals surface area (Å²) >= 11 is 1.51. The van der Waals surface area contributed by atoms with Gasteiger partial charge in [0.15, 0.2) is 0 Å². The molecule has 0 radical (unpaired) electrons. The van der Waals surface area contributed by atoms with E-state index in [4.69, 9.17) is 5.73 Å². The molecule has 106 valence electrons. The number of hydrogen-bond donors (Lipinski definition) is 2. The van der Waals surface area contributed by atoms with E-state index in [-0.39, 0.29) is 18.4 Å². The number of benzene rings is 1. The first-order valence-electron chi connectivity index (χ1n) is 6.67. The molecule has 4 nitrogen and oxygen atoms in total. The summed E-state index contributed by atoms with van der Waals surface area (Å²) in [4.78, 5) is 16.5. The third kappa shape index (κ3) is 2.94. The van der Waals surface area contributed by atoms with Gasteiger partial charge in [-0.3, -0.25) is 9.78 Å². The van der Waals surface area contributed by atoms with Crippen LogP contribution in [0, 0.1) is 0 Å². The molecule has 1 amide bonds. The van der Waals surface area contributed by atoms with Crippen molar-refractivity contribution in [2.45, 2.75) is 5.92 Å². The molecule has 2 heterocycles. The van der Waals surface area contributed by atoms with Crippen LogP contribution in [0.2, 0.25) is 0 Å². The highest BCUT2D eigenvalue weighted by molar-refractivity contribution is 7.22. The van der Waals surface area contributed by atoms with Gasteiger partial charge in [-0.05, 0) is 23.1 Å². The summed E-state index contributed by atoms with van der Waals surface area (Å²) in [5.74, 6) is -0.419. The van der Waals surface area contributed by atoms with E-state index in [0.29, 0.717) is 0 Å². The lowest BCUT2D eigenvalue weighted by Gasteiger charge is -2.14. The minimum absolute atomic E-state index is 0.0804. The Labute approximate surface area is 126 Å². The summed E-state index contributed by atoms with van der Waals surface area (Å²) < 4.78 is 1.05. The van der Waals surface area contributed by atoms with Gasteiger partial charge in [-0.25, -0.2) is 0 Å². The van der Waals surface area contributed by atoms with E-state index in [1.807, 2.05) is 42.5 Å². The van der Waals surface area contributed by atoms with E-state index in [0.717, 1.165) is 20.7 Å². The predicted octanol–water partition coefficient (Wildman–Crippen LogP) is 2.98. The highest BCUT2D eigenvalue weighted by Crippen LogP contribution is 2.29. The second-order valence-corrected chi connectivity index (χ2v) is 5.80. The second kappa shape index (κ2) is 6.03. The van der Waals surface area contributed by atoms with Gasteiger partial charge in [0.2, 0.25) is 5.91 Å². The third-order valence-electron chi connectivity index (χ3n) is 3.32. The van der Waals surface area contributed by atoms with Crippen molar-refractivity contribution in [2.75, 3.05) is 11.9 Å². The number of aromatic nitrogens is 1. The van der Waals surface area contributed by atoms with Gasteiger partial charge in [0, 0.05) is 18.9 Å². The lowest BCUT2D eigenvalue weighted by atomic mass is 9.98. The SMILES string of the molecule is NC[C@@H](C(=O)Nc1cc2ccncc2s1)c1ccccc1. The molecule has 3 N–H and O–H groups in total. The van der Waals surface area contributed by atoms with E-state index >= 15 is 0 Å². The molecule has 0 spiro atoms. The van der Waals surface area contributed by atoms with Crippen molar-refractivity contribution < 1.29 is 4.79 Å². The fourth-order valence-corrected chi connectivity index (χ4v) is 3.17. The Kier molecular flexibility index (Phi) is 3.94. The Hall–Kier alpha value is -2.24. The average molecular weight is 297 g/mol. The molecular formula is C16H15N3OS. The quantitative estimate of drug-likeness (QED) is 0.778. The van der Waals surface area contributed by atoms with Gasteiger partial charge in [-0.1, -0.05) is 30.3 Å². The van der Waals surface area contributed by atoms with Crippen LogP contribution in [0.1, 0.15) is 11.5 Å². The Balaban J connectivity index is 1.81. The zero-order valence-corrected chi connectivity index (χ0v) is 12.1. The molecule has 3 aromatic rings. The van der Waals surface area contributed by atoms with Crippen LogP contribution in [-0.4, -0.2) is 17.4 Å². The normalized spacial score (nSPS) is 12.2. The van der Waals surface area contributed by atoms with Crippen LogP contribution in [0.4, 0.5) is 5.00 Å². The van der Waals surface area contributed by atoms with Gasteiger partial charge in [-0.2, -0.15) is 0 Å². The number of nitrogens with one attached hydrogen (secondary N) is 1. The van der Waals surface area contributed by atoms with Crippen LogP contribution in [0.3, 0.4) is 0 Å². The summed E-state index contributed by atoms with van der Waals surface area (Å²) in [7, 11) is 0. The molecule has 1 aromatic carbocycles. The fourth-order valence-electron chi connectivity index (χ4n) is 2.23. The standard InChI is InChI=1S/C16H15N3OS/c17-9-13(11-4-2-1-3-5-11)16(20)19-15-8-12-6-7-18-10-14(12)21-15/h1-8,10,13H,9,17H2,(H,19,20)/t13-/m1/s1. The Bertz CT molecular complexity index is 721. The monoisotopic (exact) mass is 297 g/mol. The van der Waals surface area contributed by atoms with Crippen LogP contribution in [0.5, 0.6) is 0 Å². The van der Waals surface area contributed by atoms with Crippen LogP contribution < -0.4 is 11.1 Å². The largest absolute Gasteiger partial charge is 0.329 e. The Morgan fingerprint density at radius 1 is 1.29 bits per heavy atom. The average Bonchev–Trinajstić information content (AvgIpc) is 2.91. The lowest BCUT2D eigenvalue weighted by Crippen LogP contribution is -2.27. The maximum Gasteiger partial charge on any atom is 0.233 e. The van der Waals surface area contributed by atoms with Crippen molar-refractivity contribution in [3.05, 3.63) is 60.4 Å². The van der Waals surface area contributed by atoms with Gasteiger partial charge < -0.3 is 11.1 Å². The molecule has 0 saturated carbocycles. The molecule has 0 unspecified atom stereocenters. The molecule has 5 heteroatoms. The molecule has 0 fully saturated rings. The topological polar surface area (TPSA) is 68.0 Å². The summed E-state index contributed by atoms with van der Waals surface area (Å²) in [5.41, 5.74) is 6.70. The molecule has 3 rings (SSSR count). The van der Waals surface area contributed by atoms with Crippen LogP contribution in [0.25, 0.3) is 10.1 Å². The van der Waals surface area contributed by atoms with E-state index < -0.39 is 0 Å². The highest BCUT2D eigenvalue weighted by Gasteiger charge is 2.19. The van der Waals surface area contributed by atoms with Gasteiger partial charge >= 0.3 is 0 Å². The number of anilines is 1. The number of thiophene rings is 1. The summed E-state index contributed by atoms with van der Waals surface area (Å²) in [5, 5.41) is 4.85. The van der Waals surface area contributed by atoms with E-state index in [1.165, 1.54) is 11.3 Å². The number of nitrogens with zero attached hydrogens (tertiary/aromatic N) is 1. The van der Waals surface area contributed by atoms with E-state index in [1.54, 1.807) is 12.4 Å². The Morgan fingerprint density at radius 3 is 2.81 bits per heavy atom.